The van der Waals surface area contributed by atoms with E-state index < -0.39 is 0 Å². The van der Waals surface area contributed by atoms with Crippen molar-refractivity contribution in [2.75, 3.05) is 0 Å². The molecule has 0 saturated carbocycles. The molecule has 0 fully saturated rings. The molecule has 0 spiro atoms. The van der Waals surface area contributed by atoms with E-state index in [4.69, 9.17) is 4.42 Å². The summed E-state index contributed by atoms with van der Waals surface area (Å²) in [7, 11) is 0. The Kier molecular flexibility index (Phi) is 1.98. The predicted molar refractivity (Wildman–Crippen MR) is 35.9 cm³/mol. The van der Waals surface area contributed by atoms with Gasteiger partial charge in [-0.2, -0.15) is 0 Å². The molecule has 0 aliphatic heterocycles. The highest BCUT2D eigenvalue weighted by atomic mass is 16.3. The van der Waals surface area contributed by atoms with Crippen molar-refractivity contribution in [3.05, 3.63) is 24.2 Å². The molecule has 9 heavy (non-hydrogen) atoms. The van der Waals surface area contributed by atoms with Gasteiger partial charge in [0.2, 0.25) is 0 Å². The lowest BCUT2D eigenvalue weighted by Crippen LogP contribution is -1.72. The van der Waals surface area contributed by atoms with Crippen LogP contribution in [0.15, 0.2) is 22.8 Å². The van der Waals surface area contributed by atoms with Gasteiger partial charge in [0.15, 0.2) is 0 Å². The first-order valence-corrected chi connectivity index (χ1v) is 2.85. The zero-order valence-corrected chi connectivity index (χ0v) is 5.35. The first kappa shape index (κ1) is 5.97. The van der Waals surface area contributed by atoms with E-state index in [9.17, 15) is 0 Å². The molecule has 0 radical (unpaired) electrons. The van der Waals surface area contributed by atoms with Crippen molar-refractivity contribution in [2.45, 2.75) is 13.3 Å². The lowest BCUT2D eigenvalue weighted by atomic mass is 10.3. The lowest BCUT2D eigenvalue weighted by molar-refractivity contribution is 0.525. The normalized spacial score (nSPS) is 8.11. The van der Waals surface area contributed by atoms with Gasteiger partial charge in [-0.25, -0.2) is 0 Å². The van der Waals surface area contributed by atoms with Gasteiger partial charge < -0.3 is 4.42 Å². The second kappa shape index (κ2) is 2.99. The molecule has 0 aliphatic rings. The van der Waals surface area contributed by atoms with Crippen molar-refractivity contribution >= 4 is 0 Å². The molecule has 0 atom stereocenters. The van der Waals surface area contributed by atoms with E-state index in [1.807, 2.05) is 19.1 Å². The molecule has 46 valence electrons. The van der Waals surface area contributed by atoms with E-state index in [2.05, 4.69) is 11.8 Å². The minimum Gasteiger partial charge on any atom is -0.468 e. The summed E-state index contributed by atoms with van der Waals surface area (Å²) in [6.07, 6.45) is 2.39. The fourth-order valence-corrected chi connectivity index (χ4v) is 0.589. The summed E-state index contributed by atoms with van der Waals surface area (Å²) in [6.45, 7) is 1.82. The van der Waals surface area contributed by atoms with E-state index in [1.54, 1.807) is 6.26 Å². The Labute approximate surface area is 54.7 Å². The van der Waals surface area contributed by atoms with Gasteiger partial charge in [-0.3, -0.25) is 0 Å². The van der Waals surface area contributed by atoms with Crippen LogP contribution in [0.2, 0.25) is 0 Å². The summed E-state index contributed by atoms with van der Waals surface area (Å²) < 4.78 is 5.03. The molecule has 1 rings (SSSR count). The van der Waals surface area contributed by atoms with E-state index in [0.717, 1.165) is 12.2 Å². The Morgan fingerprint density at radius 2 is 2.56 bits per heavy atom. The Morgan fingerprint density at radius 1 is 1.67 bits per heavy atom. The van der Waals surface area contributed by atoms with Crippen LogP contribution in [0.25, 0.3) is 0 Å². The highest BCUT2D eigenvalue weighted by Gasteiger charge is 1.87. The van der Waals surface area contributed by atoms with Crippen molar-refractivity contribution in [3.63, 3.8) is 0 Å². The van der Waals surface area contributed by atoms with Gasteiger partial charge in [-0.1, -0.05) is 5.92 Å². The Hall–Kier alpha value is -1.16. The van der Waals surface area contributed by atoms with Crippen LogP contribution in [-0.2, 0) is 6.42 Å². The molecule has 0 unspecified atom stereocenters. The van der Waals surface area contributed by atoms with Crippen molar-refractivity contribution in [2.24, 2.45) is 0 Å². The summed E-state index contributed by atoms with van der Waals surface area (Å²) in [5, 5.41) is 0. The minimum absolute atomic E-state index is 0.726. The zero-order chi connectivity index (χ0) is 6.53. The molecule has 0 amide bonds. The summed E-state index contributed by atoms with van der Waals surface area (Å²) in [4.78, 5) is 0. The van der Waals surface area contributed by atoms with Gasteiger partial charge in [-0.05, 0) is 19.1 Å². The quantitative estimate of drug-likeness (QED) is 0.515. The third-order valence-electron chi connectivity index (χ3n) is 1.02. The maximum absolute atomic E-state index is 5.03. The van der Waals surface area contributed by atoms with Gasteiger partial charge in [-0.15, -0.1) is 5.92 Å². The van der Waals surface area contributed by atoms with Crippen LogP contribution in [0, 0.1) is 11.8 Å². The molecule has 1 aromatic rings. The molecule has 0 aliphatic carbocycles. The van der Waals surface area contributed by atoms with E-state index in [0.29, 0.717) is 0 Å². The fraction of sp³-hybridized carbons (Fsp3) is 0.250. The molecule has 1 heterocycles. The second-order valence-electron chi connectivity index (χ2n) is 1.68. The number of hydrogen-bond acceptors (Lipinski definition) is 1. The number of hydrogen-bond donors (Lipinski definition) is 0. The highest BCUT2D eigenvalue weighted by Crippen LogP contribution is 1.98. The average Bonchev–Trinajstić information content (AvgIpc) is 2.34. The molecule has 0 bridgehead atoms. The molecule has 0 saturated heterocycles. The molecule has 0 N–H and O–H groups in total. The molecule has 0 aromatic carbocycles. The van der Waals surface area contributed by atoms with Gasteiger partial charge in [0.1, 0.15) is 5.76 Å². The van der Waals surface area contributed by atoms with Crippen LogP contribution in [0.1, 0.15) is 12.7 Å². The molecule has 1 aromatic heterocycles. The number of furan rings is 1. The van der Waals surface area contributed by atoms with Crippen LogP contribution < -0.4 is 0 Å². The first-order valence-electron chi connectivity index (χ1n) is 2.85. The van der Waals surface area contributed by atoms with Crippen molar-refractivity contribution in [1.82, 2.24) is 0 Å². The van der Waals surface area contributed by atoms with E-state index in [1.165, 1.54) is 0 Å². The summed E-state index contributed by atoms with van der Waals surface area (Å²) >= 11 is 0. The third kappa shape index (κ3) is 1.65. The number of rotatable bonds is 1. The zero-order valence-electron chi connectivity index (χ0n) is 5.35. The predicted octanol–water partition coefficient (Wildman–Crippen LogP) is 1.85. The monoisotopic (exact) mass is 120 g/mol. The highest BCUT2D eigenvalue weighted by molar-refractivity contribution is 5.09. The smallest absolute Gasteiger partial charge is 0.115 e. The van der Waals surface area contributed by atoms with Crippen molar-refractivity contribution in [1.29, 1.82) is 0 Å². The molecule has 1 nitrogen and oxygen atoms in total. The standard InChI is InChI=1S/C8H8O/c1-2-3-5-8-6-4-7-9-8/h4,6-7H,5H2,1H3. The van der Waals surface area contributed by atoms with Gasteiger partial charge in [0.25, 0.3) is 0 Å². The largest absolute Gasteiger partial charge is 0.468 e. The SMILES string of the molecule is CC#CCc1ccco1. The summed E-state index contributed by atoms with van der Waals surface area (Å²) in [5.41, 5.74) is 0. The maximum Gasteiger partial charge on any atom is 0.115 e. The molecular formula is C8H8O. The molecular weight excluding hydrogens is 112 g/mol. The lowest BCUT2D eigenvalue weighted by Gasteiger charge is -1.80. The third-order valence-corrected chi connectivity index (χ3v) is 1.02. The van der Waals surface area contributed by atoms with Crippen LogP contribution in [-0.4, -0.2) is 0 Å². The van der Waals surface area contributed by atoms with Crippen molar-refractivity contribution < 1.29 is 4.42 Å². The summed E-state index contributed by atoms with van der Waals surface area (Å²) in [6, 6.07) is 3.79. The van der Waals surface area contributed by atoms with Gasteiger partial charge in [0.05, 0.1) is 12.7 Å². The van der Waals surface area contributed by atoms with E-state index >= 15 is 0 Å². The van der Waals surface area contributed by atoms with Gasteiger partial charge >= 0.3 is 0 Å². The topological polar surface area (TPSA) is 13.1 Å². The Morgan fingerprint density at radius 3 is 3.11 bits per heavy atom. The van der Waals surface area contributed by atoms with Crippen molar-refractivity contribution in [3.8, 4) is 11.8 Å². The van der Waals surface area contributed by atoms with Crippen LogP contribution in [0.4, 0.5) is 0 Å². The van der Waals surface area contributed by atoms with Crippen LogP contribution in [0.5, 0.6) is 0 Å². The molecule has 1 heteroatoms. The Bertz CT molecular complexity index is 210. The van der Waals surface area contributed by atoms with E-state index in [-0.39, 0.29) is 0 Å². The fourth-order valence-electron chi connectivity index (χ4n) is 0.589. The average molecular weight is 120 g/mol. The Balaban J connectivity index is 2.54. The first-order chi connectivity index (χ1) is 4.43. The maximum atomic E-state index is 5.03. The van der Waals surface area contributed by atoms with Crippen LogP contribution >= 0.6 is 0 Å². The second-order valence-corrected chi connectivity index (χ2v) is 1.68. The minimum atomic E-state index is 0.726. The summed E-state index contributed by atoms with van der Waals surface area (Å²) in [5.74, 6) is 6.64. The van der Waals surface area contributed by atoms with Crippen LogP contribution in [0.3, 0.4) is 0 Å². The van der Waals surface area contributed by atoms with Gasteiger partial charge in [0, 0.05) is 0 Å².